The molecule has 0 saturated carbocycles. The number of para-hydroxylation sites is 1. The van der Waals surface area contributed by atoms with Crippen LogP contribution in [0.25, 0.3) is 10.2 Å². The average molecular weight is 431 g/mol. The number of benzene rings is 1. The number of hydrogen-bond acceptors (Lipinski definition) is 7. The molecule has 1 aliphatic rings. The average Bonchev–Trinajstić information content (AvgIpc) is 3.16. The van der Waals surface area contributed by atoms with Crippen molar-refractivity contribution in [3.8, 4) is 0 Å². The van der Waals surface area contributed by atoms with Gasteiger partial charge in [-0.05, 0) is 23.8 Å². The summed E-state index contributed by atoms with van der Waals surface area (Å²) < 4.78 is 15.5. The van der Waals surface area contributed by atoms with Crippen LogP contribution in [0.5, 0.6) is 0 Å². The van der Waals surface area contributed by atoms with Gasteiger partial charge in [0.25, 0.3) is 0 Å². The van der Waals surface area contributed by atoms with Crippen molar-refractivity contribution in [2.24, 2.45) is 0 Å². The Hall–Kier alpha value is -2.82. The lowest BCUT2D eigenvalue weighted by molar-refractivity contribution is 0.0954. The van der Waals surface area contributed by atoms with E-state index in [2.05, 4.69) is 15.3 Å². The van der Waals surface area contributed by atoms with Gasteiger partial charge in [-0.3, -0.25) is 5.32 Å². The molecule has 0 bridgehead atoms. The molecule has 3 N–H and O–H groups in total. The van der Waals surface area contributed by atoms with Crippen LogP contribution in [0.4, 0.5) is 20.1 Å². The molecule has 1 saturated heterocycles. The maximum Gasteiger partial charge on any atom is 0.323 e. The molecule has 1 fully saturated rings. The van der Waals surface area contributed by atoms with E-state index < -0.39 is 11.9 Å². The minimum atomic E-state index is -0.936. The van der Waals surface area contributed by atoms with Gasteiger partial charge in [0.15, 0.2) is 16.8 Å². The summed E-state index contributed by atoms with van der Waals surface area (Å²) >= 11 is 1.42. The Labute approximate surface area is 176 Å². The third kappa shape index (κ3) is 4.50. The monoisotopic (exact) mass is 431 g/mol. The molecule has 1 unspecified atom stereocenters. The molecular formula is C20H22FN5O3S. The molecule has 0 aliphatic carbocycles. The molecule has 1 aliphatic heterocycles. The van der Waals surface area contributed by atoms with Crippen molar-refractivity contribution in [1.29, 1.82) is 0 Å². The molecule has 8 nitrogen and oxygen atoms in total. The first-order chi connectivity index (χ1) is 14.5. The standard InChI is InChI=1S/C20H22FN5O3S/c21-15-10-13(9-14(28)12-27)11-22-18(15)25-5-7-26(8-6-25)20(29)24-19-23-16-3-1-2-4-17(16)30-19/h1-4,10-11,14,27-28H,5-9,12H2,(H,23,24,29). The van der Waals surface area contributed by atoms with Crippen molar-refractivity contribution in [2.75, 3.05) is 43.0 Å². The van der Waals surface area contributed by atoms with Crippen molar-refractivity contribution in [3.05, 3.63) is 47.9 Å². The molecule has 30 heavy (non-hydrogen) atoms. The summed E-state index contributed by atoms with van der Waals surface area (Å²) in [6, 6.07) is 8.79. The van der Waals surface area contributed by atoms with Crippen molar-refractivity contribution in [3.63, 3.8) is 0 Å². The van der Waals surface area contributed by atoms with Gasteiger partial charge in [-0.1, -0.05) is 23.5 Å². The van der Waals surface area contributed by atoms with Crippen LogP contribution in [-0.4, -0.2) is 70.0 Å². The Morgan fingerprint density at radius 3 is 2.73 bits per heavy atom. The Morgan fingerprint density at radius 2 is 2.03 bits per heavy atom. The fourth-order valence-corrected chi connectivity index (χ4v) is 4.22. The van der Waals surface area contributed by atoms with Crippen LogP contribution in [0.2, 0.25) is 0 Å². The Bertz CT molecular complexity index is 1010. The number of amides is 2. The molecule has 10 heteroatoms. The molecule has 1 atom stereocenters. The summed E-state index contributed by atoms with van der Waals surface area (Å²) in [6.45, 7) is 1.39. The number of hydrogen-bond donors (Lipinski definition) is 3. The maximum absolute atomic E-state index is 14.5. The highest BCUT2D eigenvalue weighted by atomic mass is 32.1. The number of piperazine rings is 1. The summed E-state index contributed by atoms with van der Waals surface area (Å²) in [6.07, 6.45) is 0.707. The quantitative estimate of drug-likeness (QED) is 0.572. The molecule has 158 valence electrons. The third-order valence-electron chi connectivity index (χ3n) is 4.93. The number of nitrogens with zero attached hydrogens (tertiary/aromatic N) is 4. The van der Waals surface area contributed by atoms with Crippen LogP contribution in [0.3, 0.4) is 0 Å². The summed E-state index contributed by atoms with van der Waals surface area (Å²) in [5, 5.41) is 21.8. The number of aliphatic hydroxyl groups is 2. The number of aromatic nitrogens is 2. The van der Waals surface area contributed by atoms with Gasteiger partial charge in [0.2, 0.25) is 0 Å². The molecular weight excluding hydrogens is 409 g/mol. The molecule has 3 aromatic rings. The number of rotatable bonds is 5. The predicted molar refractivity (Wildman–Crippen MR) is 113 cm³/mol. The van der Waals surface area contributed by atoms with E-state index in [0.717, 1.165) is 10.2 Å². The summed E-state index contributed by atoms with van der Waals surface area (Å²) in [5.41, 5.74) is 1.37. The first-order valence-corrected chi connectivity index (χ1v) is 10.4. The largest absolute Gasteiger partial charge is 0.394 e. The van der Waals surface area contributed by atoms with E-state index in [9.17, 15) is 14.3 Å². The predicted octanol–water partition coefficient (Wildman–Crippen LogP) is 2.08. The first kappa shape index (κ1) is 20.5. The number of urea groups is 1. The first-order valence-electron chi connectivity index (χ1n) is 9.63. The minimum Gasteiger partial charge on any atom is -0.394 e. The van der Waals surface area contributed by atoms with Gasteiger partial charge >= 0.3 is 6.03 Å². The highest BCUT2D eigenvalue weighted by Crippen LogP contribution is 2.26. The van der Waals surface area contributed by atoms with E-state index in [-0.39, 0.29) is 24.9 Å². The number of carbonyl (C=O) groups is 1. The second kappa shape index (κ2) is 8.90. The number of fused-ring (bicyclic) bond motifs is 1. The Kier molecular flexibility index (Phi) is 6.07. The number of aliphatic hydroxyl groups excluding tert-OH is 2. The van der Waals surface area contributed by atoms with E-state index in [0.29, 0.717) is 36.9 Å². The van der Waals surface area contributed by atoms with Crippen LogP contribution in [0.1, 0.15) is 5.56 Å². The summed E-state index contributed by atoms with van der Waals surface area (Å²) in [4.78, 5) is 24.6. The Morgan fingerprint density at radius 1 is 1.27 bits per heavy atom. The van der Waals surface area contributed by atoms with E-state index in [4.69, 9.17) is 5.11 Å². The van der Waals surface area contributed by atoms with Crippen molar-refractivity contribution in [1.82, 2.24) is 14.9 Å². The van der Waals surface area contributed by atoms with Crippen molar-refractivity contribution < 1.29 is 19.4 Å². The lowest BCUT2D eigenvalue weighted by atomic mass is 10.1. The zero-order chi connectivity index (χ0) is 21.1. The normalized spacial score (nSPS) is 15.4. The number of pyridine rings is 1. The second-order valence-electron chi connectivity index (χ2n) is 7.08. The van der Waals surface area contributed by atoms with Crippen molar-refractivity contribution in [2.45, 2.75) is 12.5 Å². The van der Waals surface area contributed by atoms with Gasteiger partial charge in [0, 0.05) is 38.8 Å². The van der Waals surface area contributed by atoms with Gasteiger partial charge in [-0.25, -0.2) is 19.2 Å². The van der Waals surface area contributed by atoms with Crippen LogP contribution < -0.4 is 10.2 Å². The lowest BCUT2D eigenvalue weighted by Gasteiger charge is -2.35. The third-order valence-corrected chi connectivity index (χ3v) is 5.89. The summed E-state index contributed by atoms with van der Waals surface area (Å²) in [7, 11) is 0. The molecule has 4 rings (SSSR count). The molecule has 0 spiro atoms. The van der Waals surface area contributed by atoms with E-state index in [1.54, 1.807) is 9.80 Å². The smallest absolute Gasteiger partial charge is 0.323 e. The number of thiazole rings is 1. The number of carbonyl (C=O) groups excluding carboxylic acids is 1. The van der Waals surface area contributed by atoms with Crippen molar-refractivity contribution >= 4 is 38.5 Å². The lowest BCUT2D eigenvalue weighted by Crippen LogP contribution is -2.50. The van der Waals surface area contributed by atoms with Crippen LogP contribution in [0.15, 0.2) is 36.5 Å². The number of nitrogens with one attached hydrogen (secondary N) is 1. The van der Waals surface area contributed by atoms with E-state index in [1.165, 1.54) is 23.6 Å². The van der Waals surface area contributed by atoms with Crippen LogP contribution >= 0.6 is 11.3 Å². The molecule has 2 aromatic heterocycles. The molecule has 3 heterocycles. The van der Waals surface area contributed by atoms with Gasteiger partial charge < -0.3 is 20.0 Å². The SMILES string of the molecule is O=C(Nc1nc2ccccc2s1)N1CCN(c2ncc(CC(O)CO)cc2F)CC1. The molecule has 1 aromatic carbocycles. The zero-order valence-corrected chi connectivity index (χ0v) is 17.0. The fraction of sp³-hybridized carbons (Fsp3) is 0.350. The summed E-state index contributed by atoms with van der Waals surface area (Å²) in [5.74, 6) is -0.256. The maximum atomic E-state index is 14.5. The highest BCUT2D eigenvalue weighted by molar-refractivity contribution is 7.22. The highest BCUT2D eigenvalue weighted by Gasteiger charge is 2.24. The fourth-order valence-electron chi connectivity index (χ4n) is 3.37. The van der Waals surface area contributed by atoms with Gasteiger partial charge in [-0.2, -0.15) is 0 Å². The topological polar surface area (TPSA) is 102 Å². The Balaban J connectivity index is 1.34. The zero-order valence-electron chi connectivity index (χ0n) is 16.2. The molecule has 2 amide bonds. The van der Waals surface area contributed by atoms with Crippen LogP contribution in [0, 0.1) is 5.82 Å². The number of anilines is 2. The minimum absolute atomic E-state index is 0.139. The second-order valence-corrected chi connectivity index (χ2v) is 8.11. The number of halogens is 1. The van der Waals surface area contributed by atoms with Gasteiger partial charge in [0.1, 0.15) is 0 Å². The van der Waals surface area contributed by atoms with Gasteiger partial charge in [0.05, 0.1) is 22.9 Å². The van der Waals surface area contributed by atoms with E-state index >= 15 is 0 Å². The van der Waals surface area contributed by atoms with Crippen LogP contribution in [-0.2, 0) is 6.42 Å². The van der Waals surface area contributed by atoms with Gasteiger partial charge in [-0.15, -0.1) is 0 Å². The van der Waals surface area contributed by atoms with E-state index in [1.807, 2.05) is 24.3 Å². The molecule has 0 radical (unpaired) electrons.